The Kier molecular flexibility index (Phi) is 3.40. The Labute approximate surface area is 136 Å². The molecule has 0 aliphatic heterocycles. The number of fused-ring (bicyclic) bond motifs is 3. The van der Waals surface area contributed by atoms with Gasteiger partial charge in [-0.15, -0.1) is 0 Å². The summed E-state index contributed by atoms with van der Waals surface area (Å²) in [5.74, 6) is 0.861. The molecule has 0 bridgehead atoms. The Bertz CT molecular complexity index is 850. The summed E-state index contributed by atoms with van der Waals surface area (Å²) >= 11 is 0. The zero-order valence-electron chi connectivity index (χ0n) is 13.0. The van der Waals surface area contributed by atoms with Crippen molar-refractivity contribution in [1.82, 2.24) is 0 Å². The average molecular weight is 302 g/mol. The first-order valence-corrected chi connectivity index (χ1v) is 7.80. The molecule has 4 rings (SSSR count). The normalized spacial score (nSPS) is 15.1. The average Bonchev–Trinajstić information content (AvgIpc) is 2.90. The Morgan fingerprint density at radius 3 is 2.39 bits per heavy atom. The first-order chi connectivity index (χ1) is 11.3. The fourth-order valence-corrected chi connectivity index (χ4v) is 3.42. The van der Waals surface area contributed by atoms with Crippen LogP contribution in [0.3, 0.4) is 0 Å². The van der Waals surface area contributed by atoms with Crippen LogP contribution in [0, 0.1) is 0 Å². The van der Waals surface area contributed by atoms with Crippen molar-refractivity contribution < 1.29 is 9.84 Å². The number of rotatable bonds is 3. The van der Waals surface area contributed by atoms with E-state index in [1.165, 1.54) is 11.1 Å². The molecule has 2 heteroatoms. The van der Waals surface area contributed by atoms with Gasteiger partial charge in [0.15, 0.2) is 0 Å². The maximum atomic E-state index is 10.8. The van der Waals surface area contributed by atoms with E-state index in [4.69, 9.17) is 4.74 Å². The van der Waals surface area contributed by atoms with E-state index in [1.54, 1.807) is 7.11 Å². The van der Waals surface area contributed by atoms with Crippen LogP contribution in [0.15, 0.2) is 66.7 Å². The second-order valence-electron chi connectivity index (χ2n) is 5.89. The third-order valence-electron chi connectivity index (χ3n) is 4.57. The number of ether oxygens (including phenoxy) is 1. The van der Waals surface area contributed by atoms with Crippen LogP contribution in [-0.2, 0) is 6.42 Å². The van der Waals surface area contributed by atoms with Crippen LogP contribution in [0.2, 0.25) is 0 Å². The van der Waals surface area contributed by atoms with Crippen LogP contribution in [0.25, 0.3) is 11.1 Å². The van der Waals surface area contributed by atoms with Crippen LogP contribution in [0.4, 0.5) is 0 Å². The molecule has 0 fully saturated rings. The van der Waals surface area contributed by atoms with Crippen molar-refractivity contribution in [3.63, 3.8) is 0 Å². The van der Waals surface area contributed by atoms with Crippen LogP contribution >= 0.6 is 0 Å². The van der Waals surface area contributed by atoms with Crippen molar-refractivity contribution in [3.05, 3.63) is 89.0 Å². The second kappa shape index (κ2) is 5.56. The summed E-state index contributed by atoms with van der Waals surface area (Å²) in [6.45, 7) is 0. The topological polar surface area (TPSA) is 29.5 Å². The molecule has 1 aliphatic rings. The molecule has 114 valence electrons. The summed E-state index contributed by atoms with van der Waals surface area (Å²) in [7, 11) is 1.67. The second-order valence-corrected chi connectivity index (χ2v) is 5.89. The molecule has 0 spiro atoms. The lowest BCUT2D eigenvalue weighted by Crippen LogP contribution is -2.00. The standard InChI is InChI=1S/C21H18O2/c1-23-16-11-9-14(10-12-16)13-15-5-4-8-18-17-6-2-3-7-19(17)21(22)20(15)18/h2-12,21-22H,13H2,1H3. The van der Waals surface area contributed by atoms with Crippen LogP contribution in [0.1, 0.15) is 28.4 Å². The van der Waals surface area contributed by atoms with Gasteiger partial charge in [-0.1, -0.05) is 54.6 Å². The van der Waals surface area contributed by atoms with Gasteiger partial charge in [-0.25, -0.2) is 0 Å². The molecular formula is C21H18O2. The summed E-state index contributed by atoms with van der Waals surface area (Å²) in [5, 5.41) is 10.8. The molecular weight excluding hydrogens is 284 g/mol. The number of methoxy groups -OCH3 is 1. The number of hydrogen-bond acceptors (Lipinski definition) is 2. The highest BCUT2D eigenvalue weighted by Crippen LogP contribution is 2.45. The minimum Gasteiger partial charge on any atom is -0.497 e. The van der Waals surface area contributed by atoms with E-state index >= 15 is 0 Å². The highest BCUT2D eigenvalue weighted by Gasteiger charge is 2.28. The van der Waals surface area contributed by atoms with Gasteiger partial charge in [0.1, 0.15) is 11.9 Å². The zero-order chi connectivity index (χ0) is 15.8. The molecule has 1 atom stereocenters. The molecule has 3 aromatic carbocycles. The molecule has 0 saturated heterocycles. The molecule has 2 nitrogen and oxygen atoms in total. The van der Waals surface area contributed by atoms with Crippen molar-refractivity contribution in [1.29, 1.82) is 0 Å². The highest BCUT2D eigenvalue weighted by molar-refractivity contribution is 5.79. The third-order valence-corrected chi connectivity index (χ3v) is 4.57. The van der Waals surface area contributed by atoms with E-state index < -0.39 is 6.10 Å². The fourth-order valence-electron chi connectivity index (χ4n) is 3.42. The lowest BCUT2D eigenvalue weighted by Gasteiger charge is -2.12. The van der Waals surface area contributed by atoms with Gasteiger partial charge in [0, 0.05) is 0 Å². The summed E-state index contributed by atoms with van der Waals surface area (Å²) < 4.78 is 5.21. The Balaban J connectivity index is 1.74. The molecule has 0 amide bonds. The van der Waals surface area contributed by atoms with Gasteiger partial charge in [-0.3, -0.25) is 0 Å². The fraction of sp³-hybridized carbons (Fsp3) is 0.143. The van der Waals surface area contributed by atoms with E-state index in [1.807, 2.05) is 30.3 Å². The van der Waals surface area contributed by atoms with E-state index in [2.05, 4.69) is 36.4 Å². The van der Waals surface area contributed by atoms with Gasteiger partial charge in [0.2, 0.25) is 0 Å². The SMILES string of the molecule is COc1ccc(Cc2cccc3c2C(O)c2ccccc2-3)cc1. The monoisotopic (exact) mass is 302 g/mol. The number of hydrogen-bond donors (Lipinski definition) is 1. The smallest absolute Gasteiger partial charge is 0.118 e. The largest absolute Gasteiger partial charge is 0.497 e. The van der Waals surface area contributed by atoms with Crippen molar-refractivity contribution >= 4 is 0 Å². The summed E-state index contributed by atoms with van der Waals surface area (Å²) in [4.78, 5) is 0. The van der Waals surface area contributed by atoms with Crippen LogP contribution < -0.4 is 4.74 Å². The van der Waals surface area contributed by atoms with Crippen molar-refractivity contribution in [2.24, 2.45) is 0 Å². The molecule has 3 aromatic rings. The van der Waals surface area contributed by atoms with Crippen molar-refractivity contribution in [2.75, 3.05) is 7.11 Å². The third kappa shape index (κ3) is 2.32. The molecule has 0 saturated carbocycles. The quantitative estimate of drug-likeness (QED) is 0.779. The maximum absolute atomic E-state index is 10.8. The molecule has 1 aliphatic carbocycles. The molecule has 0 radical (unpaired) electrons. The minimum absolute atomic E-state index is 0.532. The summed E-state index contributed by atoms with van der Waals surface area (Å²) in [6, 6.07) is 22.5. The first kappa shape index (κ1) is 14.0. The van der Waals surface area contributed by atoms with Crippen molar-refractivity contribution in [2.45, 2.75) is 12.5 Å². The van der Waals surface area contributed by atoms with Gasteiger partial charge in [0.25, 0.3) is 0 Å². The predicted molar refractivity (Wildman–Crippen MR) is 91.7 cm³/mol. The van der Waals surface area contributed by atoms with E-state index in [-0.39, 0.29) is 0 Å². The summed E-state index contributed by atoms with van der Waals surface area (Å²) in [6.07, 6.45) is 0.272. The van der Waals surface area contributed by atoms with Crippen LogP contribution in [0.5, 0.6) is 5.75 Å². The van der Waals surface area contributed by atoms with Gasteiger partial charge < -0.3 is 9.84 Å². The Morgan fingerprint density at radius 1 is 0.870 bits per heavy atom. The lowest BCUT2D eigenvalue weighted by molar-refractivity contribution is 0.224. The van der Waals surface area contributed by atoms with Gasteiger partial charge in [-0.2, -0.15) is 0 Å². The Hall–Kier alpha value is -2.58. The number of aliphatic hydroxyl groups is 1. The predicted octanol–water partition coefficient (Wildman–Crippen LogP) is 4.35. The van der Waals surface area contributed by atoms with Gasteiger partial charge >= 0.3 is 0 Å². The Morgan fingerprint density at radius 2 is 1.61 bits per heavy atom. The first-order valence-electron chi connectivity index (χ1n) is 7.80. The van der Waals surface area contributed by atoms with Crippen molar-refractivity contribution in [3.8, 4) is 16.9 Å². The van der Waals surface area contributed by atoms with E-state index in [0.29, 0.717) is 0 Å². The molecule has 1 unspecified atom stereocenters. The zero-order valence-corrected chi connectivity index (χ0v) is 13.0. The maximum Gasteiger partial charge on any atom is 0.118 e. The molecule has 23 heavy (non-hydrogen) atoms. The number of aliphatic hydroxyl groups excluding tert-OH is 1. The summed E-state index contributed by atoms with van der Waals surface area (Å²) in [5.41, 5.74) is 6.73. The van der Waals surface area contributed by atoms with Gasteiger partial charge in [-0.05, 0) is 51.9 Å². The highest BCUT2D eigenvalue weighted by atomic mass is 16.5. The lowest BCUT2D eigenvalue weighted by atomic mass is 9.95. The van der Waals surface area contributed by atoms with Gasteiger partial charge in [0.05, 0.1) is 7.11 Å². The molecule has 0 aromatic heterocycles. The molecule has 1 N–H and O–H groups in total. The van der Waals surface area contributed by atoms with Crippen LogP contribution in [-0.4, -0.2) is 12.2 Å². The molecule has 0 heterocycles. The van der Waals surface area contributed by atoms with E-state index in [0.717, 1.165) is 34.4 Å². The minimum atomic E-state index is -0.532. The van der Waals surface area contributed by atoms with E-state index in [9.17, 15) is 5.11 Å². The number of benzene rings is 3.